The summed E-state index contributed by atoms with van der Waals surface area (Å²) < 4.78 is 50.5. The summed E-state index contributed by atoms with van der Waals surface area (Å²) in [6.45, 7) is 8.76. The van der Waals surface area contributed by atoms with Crippen molar-refractivity contribution in [2.75, 3.05) is 44.2 Å². The third-order valence-corrected chi connectivity index (χ3v) is 6.97. The fourth-order valence-electron chi connectivity index (χ4n) is 5.04. The number of hydrogen-bond donors (Lipinski definition) is 0. The van der Waals surface area contributed by atoms with Crippen molar-refractivity contribution in [3.8, 4) is 0 Å². The van der Waals surface area contributed by atoms with Crippen molar-refractivity contribution in [2.45, 2.75) is 57.9 Å². The van der Waals surface area contributed by atoms with Crippen molar-refractivity contribution in [3.63, 3.8) is 0 Å². The van der Waals surface area contributed by atoms with Gasteiger partial charge in [0.25, 0.3) is 5.91 Å². The number of rotatable bonds is 2. The number of alkyl halides is 3. The molecule has 1 aromatic carbocycles. The molecule has 8 nitrogen and oxygen atoms in total. The Balaban J connectivity index is 1.43. The summed E-state index contributed by atoms with van der Waals surface area (Å²) in [7, 11) is 0. The maximum atomic E-state index is 13.6. The minimum absolute atomic E-state index is 0.260. The molecule has 0 bridgehead atoms. The topological polar surface area (TPSA) is 79.4 Å². The van der Waals surface area contributed by atoms with Crippen LogP contribution in [0.3, 0.4) is 0 Å². The number of piperidine rings is 1. The Hall–Kier alpha value is -3.24. The molecule has 1 spiro atoms. The van der Waals surface area contributed by atoms with Gasteiger partial charge < -0.3 is 24.2 Å². The van der Waals surface area contributed by atoms with E-state index in [4.69, 9.17) is 9.47 Å². The Kier molecular flexibility index (Phi) is 6.94. The second kappa shape index (κ2) is 9.57. The highest BCUT2D eigenvalue weighted by Crippen LogP contribution is 2.42. The highest BCUT2D eigenvalue weighted by molar-refractivity contribution is 6.07. The van der Waals surface area contributed by atoms with Gasteiger partial charge in [0.2, 0.25) is 0 Å². The molecule has 11 heteroatoms. The van der Waals surface area contributed by atoms with Crippen LogP contribution in [0.1, 0.15) is 46.1 Å². The van der Waals surface area contributed by atoms with E-state index in [0.29, 0.717) is 37.4 Å². The normalized spacial score (nSPS) is 20.4. The number of nitrogens with zero attached hydrogens (tertiary/aromatic N) is 3. The lowest BCUT2D eigenvalue weighted by Gasteiger charge is -2.42. The van der Waals surface area contributed by atoms with Crippen LogP contribution < -0.4 is 4.90 Å². The minimum Gasteiger partial charge on any atom is -0.450 e. The Morgan fingerprint density at radius 3 is 2.16 bits per heavy atom. The number of hydrogen-bond acceptors (Lipinski definition) is 6. The smallest absolute Gasteiger partial charge is 0.416 e. The zero-order chi connectivity index (χ0) is 27.2. The largest absolute Gasteiger partial charge is 0.450 e. The van der Waals surface area contributed by atoms with E-state index in [0.717, 1.165) is 12.1 Å². The standard InChI is InChI=1S/C26H32F3N3O5/c1-17-20(25(36-22(17)34)8-10-32(11-9-25)23(35)37-24(2,3)4)21(33)31-14-12-30(13-15-31)19-7-5-6-18(16-19)26(27,28)29/h5-7,16H,8-15H2,1-4H3. The molecule has 0 unspecified atom stereocenters. The van der Waals surface area contributed by atoms with Gasteiger partial charge in [0.05, 0.1) is 11.1 Å². The van der Waals surface area contributed by atoms with Gasteiger partial charge in [-0.15, -0.1) is 0 Å². The SMILES string of the molecule is CC1=C(C(=O)N2CCN(c3cccc(C(F)(F)F)c3)CC2)C2(CCN(C(=O)OC(C)(C)C)CC2)OC1=O. The number of ether oxygens (including phenoxy) is 2. The molecular weight excluding hydrogens is 491 g/mol. The first-order valence-corrected chi connectivity index (χ1v) is 12.3. The monoisotopic (exact) mass is 523 g/mol. The quantitative estimate of drug-likeness (QED) is 0.546. The zero-order valence-corrected chi connectivity index (χ0v) is 21.5. The second-order valence-corrected chi connectivity index (χ2v) is 10.7. The number of likely N-dealkylation sites (tertiary alicyclic amines) is 1. The van der Waals surface area contributed by atoms with Crippen LogP contribution in [0.5, 0.6) is 0 Å². The van der Waals surface area contributed by atoms with Crippen molar-refractivity contribution in [1.82, 2.24) is 9.80 Å². The number of anilines is 1. The molecule has 0 N–H and O–H groups in total. The highest BCUT2D eigenvalue weighted by atomic mass is 19.4. The Labute approximate surface area is 214 Å². The first-order chi connectivity index (χ1) is 17.2. The van der Waals surface area contributed by atoms with Crippen LogP contribution in [0.2, 0.25) is 0 Å². The van der Waals surface area contributed by atoms with Crippen LogP contribution >= 0.6 is 0 Å². The number of carbonyl (C=O) groups excluding carboxylic acids is 3. The molecule has 3 heterocycles. The van der Waals surface area contributed by atoms with Gasteiger partial charge in [-0.05, 0) is 45.9 Å². The number of esters is 1. The van der Waals surface area contributed by atoms with Gasteiger partial charge in [0.1, 0.15) is 11.2 Å². The maximum absolute atomic E-state index is 13.6. The van der Waals surface area contributed by atoms with Crippen LogP contribution in [-0.4, -0.2) is 78.2 Å². The first-order valence-electron chi connectivity index (χ1n) is 12.3. The Morgan fingerprint density at radius 2 is 1.59 bits per heavy atom. The number of piperazine rings is 1. The zero-order valence-electron chi connectivity index (χ0n) is 21.5. The molecule has 0 aliphatic carbocycles. The number of carbonyl (C=O) groups is 3. The van der Waals surface area contributed by atoms with E-state index in [1.54, 1.807) is 43.6 Å². The summed E-state index contributed by atoms with van der Waals surface area (Å²) in [6.07, 6.45) is -4.33. The van der Waals surface area contributed by atoms with E-state index in [1.807, 2.05) is 4.90 Å². The molecule has 1 aromatic rings. The molecule has 2 fully saturated rings. The molecule has 0 saturated carbocycles. The van der Waals surface area contributed by atoms with Gasteiger partial charge in [-0.1, -0.05) is 6.07 Å². The average Bonchev–Trinajstić information content (AvgIpc) is 3.06. The first kappa shape index (κ1) is 26.8. The predicted octanol–water partition coefficient (Wildman–Crippen LogP) is 4.00. The molecule has 3 aliphatic heterocycles. The number of amides is 2. The van der Waals surface area contributed by atoms with Crippen molar-refractivity contribution in [2.24, 2.45) is 0 Å². The molecule has 3 aliphatic rings. The molecule has 2 saturated heterocycles. The van der Waals surface area contributed by atoms with Gasteiger partial charge in [0, 0.05) is 63.4 Å². The number of benzene rings is 1. The van der Waals surface area contributed by atoms with Crippen LogP contribution in [0, 0.1) is 0 Å². The second-order valence-electron chi connectivity index (χ2n) is 10.7. The summed E-state index contributed by atoms with van der Waals surface area (Å²) in [4.78, 5) is 43.6. The molecular formula is C26H32F3N3O5. The van der Waals surface area contributed by atoms with Crippen molar-refractivity contribution in [3.05, 3.63) is 41.0 Å². The van der Waals surface area contributed by atoms with Crippen LogP contribution in [0.25, 0.3) is 0 Å². The van der Waals surface area contributed by atoms with E-state index in [9.17, 15) is 27.6 Å². The lowest BCUT2D eigenvalue weighted by Crippen LogP contribution is -2.54. The van der Waals surface area contributed by atoms with E-state index in [1.165, 1.54) is 6.07 Å². The third-order valence-electron chi connectivity index (χ3n) is 6.97. The molecule has 0 aromatic heterocycles. The van der Waals surface area contributed by atoms with E-state index < -0.39 is 35.0 Å². The maximum Gasteiger partial charge on any atom is 0.416 e. The molecule has 37 heavy (non-hydrogen) atoms. The summed E-state index contributed by atoms with van der Waals surface area (Å²) in [5.41, 5.74) is -1.44. The molecule has 4 rings (SSSR count). The van der Waals surface area contributed by atoms with Gasteiger partial charge in [-0.2, -0.15) is 13.2 Å². The van der Waals surface area contributed by atoms with Gasteiger partial charge >= 0.3 is 18.2 Å². The minimum atomic E-state index is -4.43. The van der Waals surface area contributed by atoms with Crippen molar-refractivity contribution in [1.29, 1.82) is 0 Å². The van der Waals surface area contributed by atoms with Crippen LogP contribution in [0.15, 0.2) is 35.4 Å². The predicted molar refractivity (Wildman–Crippen MR) is 129 cm³/mol. The third kappa shape index (κ3) is 5.55. The van der Waals surface area contributed by atoms with Crippen LogP contribution in [0.4, 0.5) is 23.7 Å². The Morgan fingerprint density at radius 1 is 0.973 bits per heavy atom. The van der Waals surface area contributed by atoms with Crippen LogP contribution in [-0.2, 0) is 25.2 Å². The molecule has 202 valence electrons. The van der Waals surface area contributed by atoms with E-state index >= 15 is 0 Å². The fraction of sp³-hybridized carbons (Fsp3) is 0.577. The van der Waals surface area contributed by atoms with Crippen molar-refractivity contribution < 1.29 is 37.0 Å². The van der Waals surface area contributed by atoms with Gasteiger partial charge in [-0.25, -0.2) is 9.59 Å². The molecule has 0 radical (unpaired) electrons. The summed E-state index contributed by atoms with van der Waals surface area (Å²) >= 11 is 0. The molecule has 0 atom stereocenters. The van der Waals surface area contributed by atoms with E-state index in [2.05, 4.69) is 0 Å². The van der Waals surface area contributed by atoms with E-state index in [-0.39, 0.29) is 37.4 Å². The van der Waals surface area contributed by atoms with Gasteiger partial charge in [-0.3, -0.25) is 4.79 Å². The highest BCUT2D eigenvalue weighted by Gasteiger charge is 2.52. The summed E-state index contributed by atoms with van der Waals surface area (Å²) in [5.74, 6) is -0.852. The fourth-order valence-corrected chi connectivity index (χ4v) is 5.04. The average molecular weight is 524 g/mol. The lowest BCUT2D eigenvalue weighted by atomic mass is 9.82. The number of halogens is 3. The van der Waals surface area contributed by atoms with Crippen molar-refractivity contribution >= 4 is 23.7 Å². The lowest BCUT2D eigenvalue weighted by molar-refractivity contribution is -0.151. The summed E-state index contributed by atoms with van der Waals surface area (Å²) in [5, 5.41) is 0. The Bertz CT molecular complexity index is 1110. The molecule has 2 amide bonds. The van der Waals surface area contributed by atoms with Gasteiger partial charge in [0.15, 0.2) is 0 Å². The summed E-state index contributed by atoms with van der Waals surface area (Å²) in [6, 6.07) is 5.14.